The van der Waals surface area contributed by atoms with Gasteiger partial charge >= 0.3 is 6.18 Å². The molecule has 1 saturated heterocycles. The predicted molar refractivity (Wildman–Crippen MR) is 110 cm³/mol. The molecule has 2 aliphatic rings. The SMILES string of the molecule is Cl.Cl.NC1CCN(CC(c2cccc(C(F)(F)F)c2)C2(O)CCCCC2)CC1. The number of alkyl halides is 3. The summed E-state index contributed by atoms with van der Waals surface area (Å²) in [7, 11) is 0. The Bertz CT molecular complexity index is 601. The van der Waals surface area contributed by atoms with Gasteiger partial charge in [-0.3, -0.25) is 0 Å². The third-order valence-electron chi connectivity index (χ3n) is 6.06. The Labute approximate surface area is 177 Å². The van der Waals surface area contributed by atoms with Crippen molar-refractivity contribution in [1.29, 1.82) is 0 Å². The van der Waals surface area contributed by atoms with Crippen LogP contribution in [0, 0.1) is 0 Å². The fraction of sp³-hybridized carbons (Fsp3) is 0.700. The van der Waals surface area contributed by atoms with Gasteiger partial charge in [0.1, 0.15) is 0 Å². The first-order chi connectivity index (χ1) is 12.3. The van der Waals surface area contributed by atoms with E-state index in [2.05, 4.69) is 4.90 Å². The van der Waals surface area contributed by atoms with Gasteiger partial charge in [-0.1, -0.05) is 37.5 Å². The summed E-state index contributed by atoms with van der Waals surface area (Å²) in [6.07, 6.45) is 1.67. The van der Waals surface area contributed by atoms with Crippen LogP contribution in [0.4, 0.5) is 13.2 Å². The maximum Gasteiger partial charge on any atom is 0.416 e. The lowest BCUT2D eigenvalue weighted by atomic mass is 9.72. The molecule has 0 aromatic heterocycles. The lowest BCUT2D eigenvalue weighted by molar-refractivity contribution is -0.137. The average Bonchev–Trinajstić information content (AvgIpc) is 2.61. The highest BCUT2D eigenvalue weighted by Crippen LogP contribution is 2.42. The molecule has 0 amide bonds. The summed E-state index contributed by atoms with van der Waals surface area (Å²) in [5.41, 5.74) is 5.00. The van der Waals surface area contributed by atoms with Gasteiger partial charge in [0.2, 0.25) is 0 Å². The lowest BCUT2D eigenvalue weighted by Gasteiger charge is -2.43. The van der Waals surface area contributed by atoms with Gasteiger partial charge in [-0.05, 0) is 50.4 Å². The zero-order valence-electron chi connectivity index (χ0n) is 16.0. The van der Waals surface area contributed by atoms with Crippen molar-refractivity contribution in [2.45, 2.75) is 68.7 Å². The van der Waals surface area contributed by atoms with Crippen LogP contribution in [0.3, 0.4) is 0 Å². The van der Waals surface area contributed by atoms with E-state index in [0.717, 1.165) is 51.3 Å². The van der Waals surface area contributed by atoms with E-state index in [-0.39, 0.29) is 36.8 Å². The van der Waals surface area contributed by atoms with Crippen LogP contribution in [-0.2, 0) is 6.18 Å². The molecule has 1 heterocycles. The van der Waals surface area contributed by atoms with Crippen LogP contribution in [-0.4, -0.2) is 41.3 Å². The molecule has 1 aliphatic carbocycles. The van der Waals surface area contributed by atoms with Crippen LogP contribution in [0.1, 0.15) is 62.0 Å². The second kappa shape index (κ2) is 10.5. The summed E-state index contributed by atoms with van der Waals surface area (Å²) in [5.74, 6) is -0.306. The van der Waals surface area contributed by atoms with E-state index in [1.807, 2.05) is 0 Å². The van der Waals surface area contributed by atoms with Crippen molar-refractivity contribution in [2.75, 3.05) is 19.6 Å². The quantitative estimate of drug-likeness (QED) is 0.706. The van der Waals surface area contributed by atoms with Crippen LogP contribution in [0.2, 0.25) is 0 Å². The summed E-state index contributed by atoms with van der Waals surface area (Å²) < 4.78 is 39.6. The Morgan fingerprint density at radius 2 is 1.71 bits per heavy atom. The Kier molecular flexibility index (Phi) is 9.55. The second-order valence-electron chi connectivity index (χ2n) is 7.98. The number of hydrogen-bond acceptors (Lipinski definition) is 3. The number of halogens is 5. The molecule has 1 atom stereocenters. The van der Waals surface area contributed by atoms with Gasteiger partial charge in [0.05, 0.1) is 11.2 Å². The number of piperidine rings is 1. The standard InChI is InChI=1S/C20H29F3N2O.2ClH/c21-20(22,23)16-6-4-5-15(13-16)18(19(26)9-2-1-3-10-19)14-25-11-7-17(24)8-12-25;;/h4-6,13,17-18,26H,1-3,7-12,14,24H2;2*1H. The molecule has 8 heteroatoms. The Morgan fingerprint density at radius 3 is 2.29 bits per heavy atom. The lowest BCUT2D eigenvalue weighted by Crippen LogP contribution is -2.47. The van der Waals surface area contributed by atoms with Crippen molar-refractivity contribution in [1.82, 2.24) is 4.90 Å². The number of rotatable bonds is 4. The van der Waals surface area contributed by atoms with Crippen molar-refractivity contribution in [3.05, 3.63) is 35.4 Å². The first-order valence-corrected chi connectivity index (χ1v) is 9.65. The highest BCUT2D eigenvalue weighted by molar-refractivity contribution is 5.85. The minimum absolute atomic E-state index is 0. The zero-order valence-corrected chi connectivity index (χ0v) is 17.6. The number of benzene rings is 1. The van der Waals surface area contributed by atoms with Gasteiger partial charge in [0, 0.05) is 18.5 Å². The number of likely N-dealkylation sites (tertiary alicyclic amines) is 1. The Balaban J connectivity index is 0.00000196. The third kappa shape index (κ3) is 6.23. The summed E-state index contributed by atoms with van der Waals surface area (Å²) in [5, 5.41) is 11.3. The van der Waals surface area contributed by atoms with Crippen LogP contribution < -0.4 is 5.73 Å². The maximum absolute atomic E-state index is 13.2. The minimum Gasteiger partial charge on any atom is -0.389 e. The average molecular weight is 443 g/mol. The van der Waals surface area contributed by atoms with E-state index in [4.69, 9.17) is 5.73 Å². The summed E-state index contributed by atoms with van der Waals surface area (Å²) in [6.45, 7) is 2.27. The maximum atomic E-state index is 13.2. The fourth-order valence-corrected chi connectivity index (χ4v) is 4.42. The van der Waals surface area contributed by atoms with Gasteiger partial charge in [-0.15, -0.1) is 24.8 Å². The molecule has 0 bridgehead atoms. The number of nitrogens with two attached hydrogens (primary N) is 1. The molecule has 1 saturated carbocycles. The third-order valence-corrected chi connectivity index (χ3v) is 6.06. The van der Waals surface area contributed by atoms with Gasteiger partial charge in [0.25, 0.3) is 0 Å². The minimum atomic E-state index is -4.37. The molecule has 3 nitrogen and oxygen atoms in total. The molecule has 1 aromatic carbocycles. The van der Waals surface area contributed by atoms with Crippen molar-refractivity contribution in [2.24, 2.45) is 5.73 Å². The van der Waals surface area contributed by atoms with Crippen LogP contribution >= 0.6 is 24.8 Å². The van der Waals surface area contributed by atoms with Gasteiger partial charge in [0.15, 0.2) is 0 Å². The molecule has 1 aromatic rings. The fourth-order valence-electron chi connectivity index (χ4n) is 4.42. The smallest absolute Gasteiger partial charge is 0.389 e. The molecular formula is C20H31Cl2F3N2O. The largest absolute Gasteiger partial charge is 0.416 e. The Morgan fingerprint density at radius 1 is 1.11 bits per heavy atom. The summed E-state index contributed by atoms with van der Waals surface area (Å²) in [6, 6.07) is 5.74. The van der Waals surface area contributed by atoms with Gasteiger partial charge in [-0.25, -0.2) is 0 Å². The molecule has 28 heavy (non-hydrogen) atoms. The van der Waals surface area contributed by atoms with E-state index in [1.54, 1.807) is 6.07 Å². The number of nitrogens with zero attached hydrogens (tertiary/aromatic N) is 1. The van der Waals surface area contributed by atoms with E-state index in [0.29, 0.717) is 24.9 Å². The molecule has 0 spiro atoms. The first kappa shape index (κ1) is 25.5. The zero-order chi connectivity index (χ0) is 18.8. The normalized spacial score (nSPS) is 22.0. The van der Waals surface area contributed by atoms with E-state index < -0.39 is 17.3 Å². The van der Waals surface area contributed by atoms with Gasteiger partial charge in [-0.2, -0.15) is 13.2 Å². The van der Waals surface area contributed by atoms with E-state index in [1.165, 1.54) is 12.1 Å². The molecule has 1 unspecified atom stereocenters. The van der Waals surface area contributed by atoms with Crippen LogP contribution in [0.5, 0.6) is 0 Å². The van der Waals surface area contributed by atoms with Crippen LogP contribution in [0.25, 0.3) is 0 Å². The molecule has 2 fully saturated rings. The van der Waals surface area contributed by atoms with E-state index in [9.17, 15) is 18.3 Å². The van der Waals surface area contributed by atoms with Crippen molar-refractivity contribution >= 4 is 24.8 Å². The molecule has 162 valence electrons. The molecule has 3 rings (SSSR count). The highest BCUT2D eigenvalue weighted by Gasteiger charge is 2.41. The monoisotopic (exact) mass is 442 g/mol. The molecular weight excluding hydrogens is 412 g/mol. The van der Waals surface area contributed by atoms with E-state index >= 15 is 0 Å². The predicted octanol–water partition coefficient (Wildman–Crippen LogP) is 4.75. The Hall–Kier alpha value is -0.530. The summed E-state index contributed by atoms with van der Waals surface area (Å²) >= 11 is 0. The molecule has 3 N–H and O–H groups in total. The number of aliphatic hydroxyl groups is 1. The van der Waals surface area contributed by atoms with Crippen molar-refractivity contribution in [3.8, 4) is 0 Å². The summed E-state index contributed by atoms with van der Waals surface area (Å²) in [4.78, 5) is 2.25. The molecule has 0 radical (unpaired) electrons. The van der Waals surface area contributed by atoms with Crippen molar-refractivity contribution in [3.63, 3.8) is 0 Å². The van der Waals surface area contributed by atoms with Crippen molar-refractivity contribution < 1.29 is 18.3 Å². The van der Waals surface area contributed by atoms with Crippen LogP contribution in [0.15, 0.2) is 24.3 Å². The van der Waals surface area contributed by atoms with Gasteiger partial charge < -0.3 is 15.7 Å². The first-order valence-electron chi connectivity index (χ1n) is 9.65. The number of hydrogen-bond donors (Lipinski definition) is 2. The second-order valence-corrected chi connectivity index (χ2v) is 7.98. The highest BCUT2D eigenvalue weighted by atomic mass is 35.5. The molecule has 1 aliphatic heterocycles. The topological polar surface area (TPSA) is 49.5 Å².